The van der Waals surface area contributed by atoms with Crippen LogP contribution in [-0.4, -0.2) is 35.5 Å². The summed E-state index contributed by atoms with van der Waals surface area (Å²) in [5.74, 6) is 0.128. The summed E-state index contributed by atoms with van der Waals surface area (Å²) in [6.07, 6.45) is 2.44. The molecule has 5 nitrogen and oxygen atoms in total. The van der Waals surface area contributed by atoms with Gasteiger partial charge in [-0.1, -0.05) is 30.3 Å². The molecule has 5 heteroatoms. The normalized spacial score (nSPS) is 17.4. The highest BCUT2D eigenvalue weighted by atomic mass is 16.5. The van der Waals surface area contributed by atoms with Gasteiger partial charge in [-0.05, 0) is 24.1 Å². The number of likely N-dealkylation sites (tertiary alicyclic amines) is 1. The lowest BCUT2D eigenvalue weighted by Gasteiger charge is -2.16. The van der Waals surface area contributed by atoms with E-state index in [2.05, 4.69) is 4.98 Å². The fraction of sp³-hybridized carbons (Fsp3) is 0.333. The minimum absolute atomic E-state index is 0.197. The first-order valence-electron chi connectivity index (χ1n) is 7.82. The van der Waals surface area contributed by atoms with Gasteiger partial charge in [0, 0.05) is 25.2 Å². The number of carbonyl (C=O) groups excluding carboxylic acids is 1. The molecule has 1 aromatic carbocycles. The van der Waals surface area contributed by atoms with Gasteiger partial charge in [-0.15, -0.1) is 0 Å². The third-order valence-electron chi connectivity index (χ3n) is 4.09. The molecule has 1 aliphatic rings. The molecule has 1 N–H and O–H groups in total. The minimum atomic E-state index is -0.332. The lowest BCUT2D eigenvalue weighted by atomic mass is 10.1. The number of H-pyrrole nitrogens is 1. The number of aromatic nitrogens is 1. The molecule has 0 saturated carbocycles. The van der Waals surface area contributed by atoms with Crippen molar-refractivity contribution < 1.29 is 9.53 Å². The average molecular weight is 312 g/mol. The number of hydrogen-bond donors (Lipinski definition) is 1. The maximum absolute atomic E-state index is 12.4. The molecule has 1 saturated heterocycles. The molecule has 2 aromatic rings. The summed E-state index contributed by atoms with van der Waals surface area (Å²) in [6.45, 7) is 2.53. The van der Waals surface area contributed by atoms with Crippen molar-refractivity contribution in [2.24, 2.45) is 5.92 Å². The van der Waals surface area contributed by atoms with Crippen LogP contribution in [0.25, 0.3) is 0 Å². The lowest BCUT2D eigenvalue weighted by Crippen LogP contribution is -2.33. The van der Waals surface area contributed by atoms with Crippen LogP contribution in [0.3, 0.4) is 0 Å². The van der Waals surface area contributed by atoms with Gasteiger partial charge in [-0.3, -0.25) is 9.59 Å². The molecule has 1 amide bonds. The van der Waals surface area contributed by atoms with Crippen molar-refractivity contribution in [2.45, 2.75) is 13.0 Å². The van der Waals surface area contributed by atoms with Crippen molar-refractivity contribution in [1.29, 1.82) is 0 Å². The maximum atomic E-state index is 12.4. The van der Waals surface area contributed by atoms with Crippen LogP contribution in [0.15, 0.2) is 53.5 Å². The summed E-state index contributed by atoms with van der Waals surface area (Å²) in [7, 11) is 0. The Hall–Kier alpha value is -2.40. The minimum Gasteiger partial charge on any atom is -0.376 e. The van der Waals surface area contributed by atoms with Crippen LogP contribution in [0, 0.1) is 5.92 Å². The Labute approximate surface area is 134 Å². The quantitative estimate of drug-likeness (QED) is 0.919. The van der Waals surface area contributed by atoms with E-state index in [1.54, 1.807) is 17.0 Å². The van der Waals surface area contributed by atoms with E-state index in [1.165, 1.54) is 6.20 Å². The molecule has 1 atom stereocenters. The number of nitrogens with one attached hydrogen (secondary N) is 1. The predicted molar refractivity (Wildman–Crippen MR) is 87.2 cm³/mol. The van der Waals surface area contributed by atoms with Crippen LogP contribution in [0.2, 0.25) is 0 Å². The third-order valence-corrected chi connectivity index (χ3v) is 4.09. The molecule has 0 radical (unpaired) electrons. The van der Waals surface area contributed by atoms with Crippen molar-refractivity contribution in [3.8, 4) is 0 Å². The topological polar surface area (TPSA) is 62.4 Å². The first-order chi connectivity index (χ1) is 11.2. The molecule has 0 aliphatic carbocycles. The summed E-state index contributed by atoms with van der Waals surface area (Å²) in [5.41, 5.74) is 1.02. The van der Waals surface area contributed by atoms with Crippen molar-refractivity contribution in [3.05, 3.63) is 70.1 Å². The molecule has 1 aromatic heterocycles. The highest BCUT2D eigenvalue weighted by molar-refractivity contribution is 5.93. The molecular weight excluding hydrogens is 292 g/mol. The van der Waals surface area contributed by atoms with Gasteiger partial charge in [0.1, 0.15) is 5.56 Å². The van der Waals surface area contributed by atoms with Crippen LogP contribution < -0.4 is 5.56 Å². The largest absolute Gasteiger partial charge is 0.376 e. The summed E-state index contributed by atoms with van der Waals surface area (Å²) in [4.78, 5) is 28.4. The maximum Gasteiger partial charge on any atom is 0.260 e. The van der Waals surface area contributed by atoms with Crippen LogP contribution in [0.5, 0.6) is 0 Å². The molecule has 0 bridgehead atoms. The SMILES string of the molecule is O=C(c1ccc[nH]c1=O)N1CCC(COCc2ccccc2)C1. The number of hydrogen-bond acceptors (Lipinski definition) is 3. The standard InChI is InChI=1S/C18H20N2O3/c21-17-16(7-4-9-19-17)18(22)20-10-8-15(11-20)13-23-12-14-5-2-1-3-6-14/h1-7,9,15H,8,10-13H2,(H,19,21). The number of ether oxygens (including phenoxy) is 1. The summed E-state index contributed by atoms with van der Waals surface area (Å²) >= 11 is 0. The van der Waals surface area contributed by atoms with E-state index < -0.39 is 0 Å². The van der Waals surface area contributed by atoms with Gasteiger partial charge < -0.3 is 14.6 Å². The van der Waals surface area contributed by atoms with E-state index in [4.69, 9.17) is 4.74 Å². The second kappa shape index (κ2) is 7.24. The Bertz CT molecular complexity index is 711. The van der Waals surface area contributed by atoms with E-state index in [-0.39, 0.29) is 17.0 Å². The zero-order chi connectivity index (χ0) is 16.1. The van der Waals surface area contributed by atoms with Gasteiger partial charge in [0.2, 0.25) is 0 Å². The van der Waals surface area contributed by atoms with Gasteiger partial charge in [0.25, 0.3) is 11.5 Å². The van der Waals surface area contributed by atoms with E-state index in [9.17, 15) is 9.59 Å². The summed E-state index contributed by atoms with van der Waals surface area (Å²) < 4.78 is 5.76. The summed E-state index contributed by atoms with van der Waals surface area (Å²) in [6, 6.07) is 13.3. The molecule has 23 heavy (non-hydrogen) atoms. The van der Waals surface area contributed by atoms with E-state index >= 15 is 0 Å². The Kier molecular flexibility index (Phi) is 4.88. The lowest BCUT2D eigenvalue weighted by molar-refractivity contribution is 0.0731. The Morgan fingerprint density at radius 2 is 2.04 bits per heavy atom. The molecule has 1 aliphatic heterocycles. The zero-order valence-electron chi connectivity index (χ0n) is 12.9. The number of benzene rings is 1. The highest BCUT2D eigenvalue weighted by Gasteiger charge is 2.28. The van der Waals surface area contributed by atoms with Crippen LogP contribution in [0.1, 0.15) is 22.3 Å². The number of nitrogens with zero attached hydrogens (tertiary/aromatic N) is 1. The van der Waals surface area contributed by atoms with Gasteiger partial charge in [0.05, 0.1) is 13.2 Å². The van der Waals surface area contributed by atoms with E-state index in [0.29, 0.717) is 32.2 Å². The average Bonchev–Trinajstić information content (AvgIpc) is 3.05. The number of aromatic amines is 1. The molecule has 2 heterocycles. The van der Waals surface area contributed by atoms with Crippen LogP contribution >= 0.6 is 0 Å². The van der Waals surface area contributed by atoms with Gasteiger partial charge >= 0.3 is 0 Å². The number of pyridine rings is 1. The Morgan fingerprint density at radius 3 is 2.83 bits per heavy atom. The fourth-order valence-electron chi connectivity index (χ4n) is 2.83. The molecular formula is C18H20N2O3. The number of rotatable bonds is 5. The van der Waals surface area contributed by atoms with Gasteiger partial charge in [0.15, 0.2) is 0 Å². The monoisotopic (exact) mass is 312 g/mol. The van der Waals surface area contributed by atoms with Crippen LogP contribution in [-0.2, 0) is 11.3 Å². The molecule has 0 spiro atoms. The third kappa shape index (κ3) is 3.87. The van der Waals surface area contributed by atoms with Crippen molar-refractivity contribution in [2.75, 3.05) is 19.7 Å². The smallest absolute Gasteiger partial charge is 0.260 e. The molecule has 3 rings (SSSR count). The zero-order valence-corrected chi connectivity index (χ0v) is 12.9. The number of carbonyl (C=O) groups is 1. The Balaban J connectivity index is 1.50. The van der Waals surface area contributed by atoms with Crippen molar-refractivity contribution in [1.82, 2.24) is 9.88 Å². The fourth-order valence-corrected chi connectivity index (χ4v) is 2.83. The van der Waals surface area contributed by atoms with Gasteiger partial charge in [-0.2, -0.15) is 0 Å². The van der Waals surface area contributed by atoms with E-state index in [0.717, 1.165) is 12.0 Å². The molecule has 1 unspecified atom stereocenters. The molecule has 120 valence electrons. The predicted octanol–water partition coefficient (Wildman–Crippen LogP) is 2.05. The van der Waals surface area contributed by atoms with Crippen molar-refractivity contribution in [3.63, 3.8) is 0 Å². The second-order valence-electron chi connectivity index (χ2n) is 5.82. The summed E-state index contributed by atoms with van der Waals surface area (Å²) in [5, 5.41) is 0. The second-order valence-corrected chi connectivity index (χ2v) is 5.82. The molecule has 1 fully saturated rings. The Morgan fingerprint density at radius 1 is 1.22 bits per heavy atom. The highest BCUT2D eigenvalue weighted by Crippen LogP contribution is 2.18. The first-order valence-corrected chi connectivity index (χ1v) is 7.82. The van der Waals surface area contributed by atoms with E-state index in [1.807, 2.05) is 30.3 Å². The van der Waals surface area contributed by atoms with Crippen molar-refractivity contribution >= 4 is 5.91 Å². The van der Waals surface area contributed by atoms with Gasteiger partial charge in [-0.25, -0.2) is 0 Å². The van der Waals surface area contributed by atoms with Crippen LogP contribution in [0.4, 0.5) is 0 Å². The number of amides is 1. The first kappa shape index (κ1) is 15.5.